The van der Waals surface area contributed by atoms with E-state index >= 15 is 0 Å². The number of carbonyl (C=O) groups excluding carboxylic acids is 1. The van der Waals surface area contributed by atoms with E-state index in [9.17, 15) is 4.79 Å². The number of rotatable bonds is 6. The minimum Gasteiger partial charge on any atom is -0.492 e. The van der Waals surface area contributed by atoms with E-state index in [0.717, 1.165) is 32.8 Å². The van der Waals surface area contributed by atoms with Gasteiger partial charge in [-0.3, -0.25) is 4.79 Å². The van der Waals surface area contributed by atoms with Crippen molar-refractivity contribution in [2.75, 3.05) is 18.1 Å². The number of para-hydroxylation sites is 3. The van der Waals surface area contributed by atoms with Crippen LogP contribution in [0.3, 0.4) is 0 Å². The number of aromatic nitrogens is 2. The maximum Gasteiger partial charge on any atom is 0.227 e. The SMILES string of the molecule is Cc1ccc(OCCn2c([C@@H]3CC(=O)N(c4ccccc4Br)C3)nc3ccccc32)cc1. The zero-order valence-electron chi connectivity index (χ0n) is 17.9. The molecule has 0 aliphatic carbocycles. The van der Waals surface area contributed by atoms with Crippen molar-refractivity contribution < 1.29 is 9.53 Å². The Hall–Kier alpha value is -3.12. The number of amides is 1. The summed E-state index contributed by atoms with van der Waals surface area (Å²) in [5, 5.41) is 0. The number of benzene rings is 3. The molecule has 0 radical (unpaired) electrons. The van der Waals surface area contributed by atoms with Crippen molar-refractivity contribution in [2.45, 2.75) is 25.8 Å². The van der Waals surface area contributed by atoms with E-state index in [-0.39, 0.29) is 11.8 Å². The molecular weight excluding hydrogens is 466 g/mol. The molecule has 162 valence electrons. The largest absolute Gasteiger partial charge is 0.492 e. The predicted molar refractivity (Wildman–Crippen MR) is 130 cm³/mol. The lowest BCUT2D eigenvalue weighted by molar-refractivity contribution is -0.117. The molecule has 0 N–H and O–H groups in total. The summed E-state index contributed by atoms with van der Waals surface area (Å²) in [6, 6.07) is 24.1. The topological polar surface area (TPSA) is 47.4 Å². The van der Waals surface area contributed by atoms with Crippen LogP contribution in [0, 0.1) is 6.92 Å². The molecule has 1 aliphatic heterocycles. The summed E-state index contributed by atoms with van der Waals surface area (Å²) in [5.74, 6) is 1.96. The van der Waals surface area contributed by atoms with E-state index in [1.165, 1.54) is 5.56 Å². The quantitative estimate of drug-likeness (QED) is 0.348. The Bertz CT molecular complexity index is 1270. The first-order valence-electron chi connectivity index (χ1n) is 10.8. The van der Waals surface area contributed by atoms with Crippen LogP contribution in [0.25, 0.3) is 11.0 Å². The molecule has 5 rings (SSSR count). The molecule has 2 heterocycles. The third-order valence-electron chi connectivity index (χ3n) is 5.92. The smallest absolute Gasteiger partial charge is 0.227 e. The highest BCUT2D eigenvalue weighted by molar-refractivity contribution is 9.10. The van der Waals surface area contributed by atoms with Crippen molar-refractivity contribution >= 4 is 38.6 Å². The minimum atomic E-state index is 0.0291. The molecular formula is C26H24BrN3O2. The molecule has 6 heteroatoms. The fraction of sp³-hybridized carbons (Fsp3) is 0.231. The predicted octanol–water partition coefficient (Wildman–Crippen LogP) is 5.71. The van der Waals surface area contributed by atoms with E-state index in [0.29, 0.717) is 26.1 Å². The lowest BCUT2D eigenvalue weighted by Gasteiger charge is -2.19. The summed E-state index contributed by atoms with van der Waals surface area (Å²) in [5.41, 5.74) is 4.14. The average molecular weight is 490 g/mol. The van der Waals surface area contributed by atoms with Crippen LogP contribution in [0.5, 0.6) is 5.75 Å². The summed E-state index contributed by atoms with van der Waals surface area (Å²) in [6.07, 6.45) is 0.448. The summed E-state index contributed by atoms with van der Waals surface area (Å²) in [4.78, 5) is 19.7. The number of aryl methyl sites for hydroxylation is 1. The molecule has 1 aliphatic rings. The van der Waals surface area contributed by atoms with Gasteiger partial charge in [0.05, 0.1) is 23.3 Å². The van der Waals surface area contributed by atoms with Gasteiger partial charge in [-0.15, -0.1) is 0 Å². The van der Waals surface area contributed by atoms with E-state index in [4.69, 9.17) is 9.72 Å². The summed E-state index contributed by atoms with van der Waals surface area (Å²) < 4.78 is 9.13. The second-order valence-corrected chi connectivity index (χ2v) is 8.98. The number of fused-ring (bicyclic) bond motifs is 1. The first-order chi connectivity index (χ1) is 15.6. The number of hydrogen-bond donors (Lipinski definition) is 0. The van der Waals surface area contributed by atoms with E-state index in [1.54, 1.807) is 0 Å². The minimum absolute atomic E-state index is 0.0291. The second-order valence-electron chi connectivity index (χ2n) is 8.13. The van der Waals surface area contributed by atoms with Gasteiger partial charge in [-0.2, -0.15) is 0 Å². The average Bonchev–Trinajstić information content (AvgIpc) is 3.36. The molecule has 0 unspecified atom stereocenters. The number of ether oxygens (including phenoxy) is 1. The van der Waals surface area contributed by atoms with Gasteiger partial charge >= 0.3 is 0 Å². The molecule has 5 nitrogen and oxygen atoms in total. The zero-order valence-corrected chi connectivity index (χ0v) is 19.5. The van der Waals surface area contributed by atoms with Crippen molar-refractivity contribution in [3.05, 3.63) is 88.7 Å². The highest BCUT2D eigenvalue weighted by atomic mass is 79.9. The maximum absolute atomic E-state index is 12.9. The van der Waals surface area contributed by atoms with Crippen LogP contribution in [-0.4, -0.2) is 28.6 Å². The van der Waals surface area contributed by atoms with Crippen LogP contribution in [-0.2, 0) is 11.3 Å². The first-order valence-corrected chi connectivity index (χ1v) is 11.6. The fourth-order valence-electron chi connectivity index (χ4n) is 4.31. The van der Waals surface area contributed by atoms with Crippen LogP contribution in [0.15, 0.2) is 77.3 Å². The standard InChI is InChI=1S/C26H24BrN3O2/c1-18-10-12-20(13-11-18)32-15-14-29-24-9-5-3-7-22(24)28-26(29)19-16-25(31)30(17-19)23-8-4-2-6-21(23)27/h2-13,19H,14-17H2,1H3/t19-/m1/s1. The maximum atomic E-state index is 12.9. The highest BCUT2D eigenvalue weighted by Crippen LogP contribution is 2.36. The molecule has 1 atom stereocenters. The monoisotopic (exact) mass is 489 g/mol. The van der Waals surface area contributed by atoms with Gasteiger partial charge in [0.25, 0.3) is 0 Å². The summed E-state index contributed by atoms with van der Waals surface area (Å²) >= 11 is 3.58. The Morgan fingerprint density at radius 1 is 1.03 bits per heavy atom. The molecule has 0 spiro atoms. The molecule has 3 aromatic carbocycles. The molecule has 1 saturated heterocycles. The fourth-order valence-corrected chi connectivity index (χ4v) is 4.81. The van der Waals surface area contributed by atoms with Crippen LogP contribution in [0.1, 0.15) is 23.7 Å². The van der Waals surface area contributed by atoms with Gasteiger partial charge in [0, 0.05) is 23.4 Å². The number of carbonyl (C=O) groups is 1. The lowest BCUT2D eigenvalue weighted by Crippen LogP contribution is -2.25. The summed E-state index contributed by atoms with van der Waals surface area (Å²) in [6.45, 7) is 3.88. The second kappa shape index (κ2) is 8.79. The molecule has 32 heavy (non-hydrogen) atoms. The summed E-state index contributed by atoms with van der Waals surface area (Å²) in [7, 11) is 0. The lowest BCUT2D eigenvalue weighted by atomic mass is 10.1. The number of nitrogens with zero attached hydrogens (tertiary/aromatic N) is 3. The van der Waals surface area contributed by atoms with E-state index in [2.05, 4.69) is 33.5 Å². The van der Waals surface area contributed by atoms with Gasteiger partial charge in [0.1, 0.15) is 18.2 Å². The number of hydrogen-bond acceptors (Lipinski definition) is 3. The van der Waals surface area contributed by atoms with Crippen LogP contribution >= 0.6 is 15.9 Å². The molecule has 1 fully saturated rings. The molecule has 0 bridgehead atoms. The zero-order chi connectivity index (χ0) is 22.1. The van der Waals surface area contributed by atoms with Crippen LogP contribution < -0.4 is 9.64 Å². The Balaban J connectivity index is 1.41. The molecule has 1 amide bonds. The van der Waals surface area contributed by atoms with Gasteiger partial charge in [0.2, 0.25) is 5.91 Å². The third kappa shape index (κ3) is 4.02. The van der Waals surface area contributed by atoms with Crippen molar-refractivity contribution in [3.63, 3.8) is 0 Å². The molecule has 1 aromatic heterocycles. The van der Waals surface area contributed by atoms with Gasteiger partial charge in [0.15, 0.2) is 0 Å². The first kappa shape index (κ1) is 20.8. The normalized spacial score (nSPS) is 16.1. The number of anilines is 1. The van der Waals surface area contributed by atoms with Gasteiger partial charge in [-0.05, 0) is 59.3 Å². The highest BCUT2D eigenvalue weighted by Gasteiger charge is 2.35. The van der Waals surface area contributed by atoms with Gasteiger partial charge < -0.3 is 14.2 Å². The Kier molecular flexibility index (Phi) is 5.70. The Morgan fingerprint density at radius 2 is 1.78 bits per heavy atom. The Labute approximate surface area is 195 Å². The van der Waals surface area contributed by atoms with Crippen LogP contribution in [0.4, 0.5) is 5.69 Å². The van der Waals surface area contributed by atoms with Crippen LogP contribution in [0.2, 0.25) is 0 Å². The number of imidazole rings is 1. The van der Waals surface area contributed by atoms with Crippen molar-refractivity contribution in [2.24, 2.45) is 0 Å². The van der Waals surface area contributed by atoms with Crippen molar-refractivity contribution in [1.29, 1.82) is 0 Å². The number of halogens is 1. The van der Waals surface area contributed by atoms with Crippen molar-refractivity contribution in [3.8, 4) is 5.75 Å². The molecule has 0 saturated carbocycles. The van der Waals surface area contributed by atoms with E-state index in [1.807, 2.05) is 71.6 Å². The Morgan fingerprint density at radius 3 is 2.59 bits per heavy atom. The van der Waals surface area contributed by atoms with Gasteiger partial charge in [-0.1, -0.05) is 42.0 Å². The molecule has 4 aromatic rings. The third-order valence-corrected chi connectivity index (χ3v) is 6.59. The van der Waals surface area contributed by atoms with Crippen molar-refractivity contribution in [1.82, 2.24) is 9.55 Å². The van der Waals surface area contributed by atoms with Gasteiger partial charge in [-0.25, -0.2) is 4.98 Å². The van der Waals surface area contributed by atoms with E-state index < -0.39 is 0 Å².